The summed E-state index contributed by atoms with van der Waals surface area (Å²) >= 11 is 0. The summed E-state index contributed by atoms with van der Waals surface area (Å²) in [4.78, 5) is 41.0. The van der Waals surface area contributed by atoms with Crippen LogP contribution in [0.4, 0.5) is 4.79 Å². The molecule has 34 heavy (non-hydrogen) atoms. The molecular weight excluding hydrogens is 434 g/mol. The van der Waals surface area contributed by atoms with Gasteiger partial charge in [0, 0.05) is 12.1 Å². The second-order valence-corrected chi connectivity index (χ2v) is 10.2. The predicted octanol–water partition coefficient (Wildman–Crippen LogP) is 3.77. The molecule has 0 spiro atoms. The van der Waals surface area contributed by atoms with Crippen molar-refractivity contribution in [3.05, 3.63) is 34.9 Å². The van der Waals surface area contributed by atoms with Gasteiger partial charge in [0.2, 0.25) is 11.8 Å². The van der Waals surface area contributed by atoms with E-state index in [1.54, 1.807) is 34.6 Å². The summed E-state index contributed by atoms with van der Waals surface area (Å²) in [5, 5.41) is 15.5. The number of hydrogen-bond donors (Lipinski definition) is 3. The van der Waals surface area contributed by atoms with E-state index in [1.807, 2.05) is 45.9 Å². The summed E-state index contributed by atoms with van der Waals surface area (Å²) in [7, 11) is 0. The van der Waals surface area contributed by atoms with Crippen molar-refractivity contribution in [3.63, 3.8) is 0 Å². The highest BCUT2D eigenvalue weighted by Gasteiger charge is 2.38. The van der Waals surface area contributed by atoms with Gasteiger partial charge in [-0.25, -0.2) is 4.79 Å². The van der Waals surface area contributed by atoms with Gasteiger partial charge < -0.3 is 25.4 Å². The first-order chi connectivity index (χ1) is 15.7. The minimum Gasteiger partial charge on any atom is -0.444 e. The van der Waals surface area contributed by atoms with Gasteiger partial charge in [0.15, 0.2) is 0 Å². The fourth-order valence-corrected chi connectivity index (χ4v) is 3.79. The predicted molar refractivity (Wildman–Crippen MR) is 133 cm³/mol. The third-order valence-corrected chi connectivity index (χ3v) is 5.35. The van der Waals surface area contributed by atoms with Crippen molar-refractivity contribution in [2.75, 3.05) is 6.61 Å². The first-order valence-electron chi connectivity index (χ1n) is 12.0. The smallest absolute Gasteiger partial charge is 0.408 e. The largest absolute Gasteiger partial charge is 0.444 e. The van der Waals surface area contributed by atoms with Gasteiger partial charge in [-0.3, -0.25) is 9.59 Å². The molecule has 192 valence electrons. The van der Waals surface area contributed by atoms with Gasteiger partial charge in [0.05, 0.1) is 6.61 Å². The van der Waals surface area contributed by atoms with Crippen molar-refractivity contribution >= 4 is 17.9 Å². The van der Waals surface area contributed by atoms with Gasteiger partial charge in [-0.2, -0.15) is 0 Å². The topological polar surface area (TPSA) is 108 Å². The molecule has 0 saturated heterocycles. The summed E-state index contributed by atoms with van der Waals surface area (Å²) in [5.41, 5.74) is 1.77. The molecule has 0 aliphatic heterocycles. The second kappa shape index (κ2) is 12.7. The molecule has 0 aliphatic rings. The van der Waals surface area contributed by atoms with Crippen LogP contribution in [0.2, 0.25) is 0 Å². The fourth-order valence-electron chi connectivity index (χ4n) is 3.79. The molecule has 8 nitrogen and oxygen atoms in total. The lowest BCUT2D eigenvalue weighted by Crippen LogP contribution is -2.56. The van der Waals surface area contributed by atoms with Crippen molar-refractivity contribution in [1.82, 2.24) is 15.5 Å². The second-order valence-electron chi connectivity index (χ2n) is 10.2. The highest BCUT2D eigenvalue weighted by atomic mass is 16.6. The van der Waals surface area contributed by atoms with Crippen LogP contribution >= 0.6 is 0 Å². The van der Waals surface area contributed by atoms with E-state index in [0.717, 1.165) is 24.0 Å². The molecule has 0 bridgehead atoms. The zero-order valence-corrected chi connectivity index (χ0v) is 22.2. The van der Waals surface area contributed by atoms with Crippen molar-refractivity contribution < 1.29 is 24.2 Å². The van der Waals surface area contributed by atoms with Crippen LogP contribution in [-0.4, -0.2) is 58.2 Å². The summed E-state index contributed by atoms with van der Waals surface area (Å²) in [6.07, 6.45) is 0.905. The quantitative estimate of drug-likeness (QED) is 0.475. The monoisotopic (exact) mass is 477 g/mol. The normalized spacial score (nSPS) is 14.2. The maximum Gasteiger partial charge on any atom is 0.408 e. The number of rotatable bonds is 10. The van der Waals surface area contributed by atoms with E-state index in [2.05, 4.69) is 10.6 Å². The molecule has 1 rings (SSSR count). The minimum atomic E-state index is -1.26. The Morgan fingerprint density at radius 3 is 2.21 bits per heavy atom. The summed E-state index contributed by atoms with van der Waals surface area (Å²) in [6, 6.07) is 3.14. The molecule has 0 saturated carbocycles. The number of nitrogens with one attached hydrogen (secondary N) is 2. The van der Waals surface area contributed by atoms with E-state index < -0.39 is 36.3 Å². The number of benzene rings is 1. The Balaban J connectivity index is 3.45. The lowest BCUT2D eigenvalue weighted by atomic mass is 9.95. The molecule has 3 unspecified atom stereocenters. The lowest BCUT2D eigenvalue weighted by Gasteiger charge is -2.38. The van der Waals surface area contributed by atoms with E-state index >= 15 is 0 Å². The summed E-state index contributed by atoms with van der Waals surface area (Å²) < 4.78 is 5.26. The average molecular weight is 478 g/mol. The van der Waals surface area contributed by atoms with Gasteiger partial charge >= 0.3 is 6.09 Å². The molecule has 0 aromatic heterocycles. The standard InChI is InChI=1S/C26H43N3O5/c1-10-11-19(6)27-23(31)22(20-14-17(4)12-13-18(20)5)29(16(2)3)24(32)21(15-30)28-25(33)34-26(7,8)9/h12-14,16,19,21-22,30H,10-11,15H2,1-9H3,(H,27,31)(H,28,33). The Bertz CT molecular complexity index is 847. The molecule has 0 radical (unpaired) electrons. The van der Waals surface area contributed by atoms with E-state index in [1.165, 1.54) is 4.90 Å². The van der Waals surface area contributed by atoms with Crippen molar-refractivity contribution in [1.29, 1.82) is 0 Å². The molecule has 0 aliphatic carbocycles. The van der Waals surface area contributed by atoms with Crippen LogP contribution in [0.5, 0.6) is 0 Å². The van der Waals surface area contributed by atoms with Crippen LogP contribution in [-0.2, 0) is 14.3 Å². The maximum atomic E-state index is 13.7. The van der Waals surface area contributed by atoms with Crippen LogP contribution in [0.25, 0.3) is 0 Å². The van der Waals surface area contributed by atoms with Crippen LogP contribution < -0.4 is 10.6 Å². The molecule has 1 aromatic carbocycles. The third kappa shape index (κ3) is 8.63. The Morgan fingerprint density at radius 1 is 1.09 bits per heavy atom. The highest BCUT2D eigenvalue weighted by molar-refractivity contribution is 5.92. The number of hydrogen-bond acceptors (Lipinski definition) is 5. The molecule has 1 aromatic rings. The van der Waals surface area contributed by atoms with Gasteiger partial charge in [0.25, 0.3) is 0 Å². The fraction of sp³-hybridized carbons (Fsp3) is 0.654. The van der Waals surface area contributed by atoms with Crippen molar-refractivity contribution in [2.24, 2.45) is 0 Å². The van der Waals surface area contributed by atoms with Crippen LogP contribution in [0.3, 0.4) is 0 Å². The highest BCUT2D eigenvalue weighted by Crippen LogP contribution is 2.28. The molecular formula is C26H43N3O5. The molecule has 8 heteroatoms. The number of amides is 3. The van der Waals surface area contributed by atoms with Crippen molar-refractivity contribution in [2.45, 2.75) is 105 Å². The van der Waals surface area contributed by atoms with E-state index in [9.17, 15) is 19.5 Å². The SMILES string of the molecule is CCCC(C)NC(=O)C(c1cc(C)ccc1C)N(C(=O)C(CO)NC(=O)OC(C)(C)C)C(C)C. The maximum absolute atomic E-state index is 13.7. The molecule has 3 N–H and O–H groups in total. The van der Waals surface area contributed by atoms with Gasteiger partial charge in [0.1, 0.15) is 17.7 Å². The molecule has 0 heterocycles. The number of aliphatic hydroxyl groups is 1. The molecule has 3 atom stereocenters. The first-order valence-corrected chi connectivity index (χ1v) is 12.0. The minimum absolute atomic E-state index is 0.0669. The molecule has 0 fully saturated rings. The zero-order chi connectivity index (χ0) is 26.2. The summed E-state index contributed by atoms with van der Waals surface area (Å²) in [5.74, 6) is -0.863. The van der Waals surface area contributed by atoms with Crippen LogP contribution in [0.15, 0.2) is 18.2 Å². The average Bonchev–Trinajstić information content (AvgIpc) is 2.70. The number of aryl methyl sites for hydroxylation is 2. The van der Waals surface area contributed by atoms with Gasteiger partial charge in [-0.05, 0) is 72.9 Å². The zero-order valence-electron chi connectivity index (χ0n) is 22.2. The summed E-state index contributed by atoms with van der Waals surface area (Å²) in [6.45, 7) is 15.9. The van der Waals surface area contributed by atoms with E-state index in [4.69, 9.17) is 4.74 Å². The van der Waals surface area contributed by atoms with Crippen molar-refractivity contribution in [3.8, 4) is 0 Å². The van der Waals surface area contributed by atoms with Crippen LogP contribution in [0, 0.1) is 13.8 Å². The number of carbonyl (C=O) groups is 3. The number of carbonyl (C=O) groups excluding carboxylic acids is 3. The number of ether oxygens (including phenoxy) is 1. The Labute approximate surface area is 204 Å². The Hall–Kier alpha value is -2.61. The van der Waals surface area contributed by atoms with Gasteiger partial charge in [-0.1, -0.05) is 37.1 Å². The molecule has 3 amide bonds. The van der Waals surface area contributed by atoms with E-state index in [0.29, 0.717) is 5.56 Å². The first kappa shape index (κ1) is 29.4. The Morgan fingerprint density at radius 2 is 1.71 bits per heavy atom. The van der Waals surface area contributed by atoms with E-state index in [-0.39, 0.29) is 18.0 Å². The number of nitrogens with zero attached hydrogens (tertiary/aromatic N) is 1. The third-order valence-electron chi connectivity index (χ3n) is 5.35. The number of aliphatic hydroxyl groups excluding tert-OH is 1. The lowest BCUT2D eigenvalue weighted by molar-refractivity contribution is -0.145. The Kier molecular flexibility index (Phi) is 11.0. The van der Waals surface area contributed by atoms with Crippen LogP contribution in [0.1, 0.15) is 84.0 Å². The van der Waals surface area contributed by atoms with Gasteiger partial charge in [-0.15, -0.1) is 0 Å². The number of alkyl carbamates (subject to hydrolysis) is 1.